The summed E-state index contributed by atoms with van der Waals surface area (Å²) in [5.74, 6) is 0.612. The molecule has 0 aromatic heterocycles. The molecule has 2 aromatic rings. The first-order chi connectivity index (χ1) is 10.8. The minimum absolute atomic E-state index is 0. The van der Waals surface area contributed by atoms with Crippen molar-refractivity contribution in [3.63, 3.8) is 0 Å². The molecule has 124 valence electrons. The van der Waals surface area contributed by atoms with Gasteiger partial charge in [-0.25, -0.2) is 0 Å². The van der Waals surface area contributed by atoms with Crippen molar-refractivity contribution >= 4 is 18.3 Å². The zero-order chi connectivity index (χ0) is 15.6. The van der Waals surface area contributed by atoms with E-state index < -0.39 is 0 Å². The number of benzene rings is 2. The summed E-state index contributed by atoms with van der Waals surface area (Å²) >= 11 is 0. The second kappa shape index (κ2) is 10.6. The number of ether oxygens (including phenoxy) is 1. The van der Waals surface area contributed by atoms with Gasteiger partial charge in [0.1, 0.15) is 12.4 Å². The number of hydrogen-bond donors (Lipinski definition) is 2. The van der Waals surface area contributed by atoms with Crippen LogP contribution >= 0.6 is 12.4 Å². The molecule has 23 heavy (non-hydrogen) atoms. The molecule has 1 amide bonds. The number of halogens is 1. The normalized spacial score (nSPS) is 9.78. The third kappa shape index (κ3) is 6.72. The molecule has 2 rings (SSSR count). The SMILES string of the molecule is Cl.NCCCCNC(=O)c1cccc(OCc2ccccc2)c1. The first-order valence-electron chi connectivity index (χ1n) is 7.54. The molecule has 0 heterocycles. The largest absolute Gasteiger partial charge is 0.489 e. The molecule has 0 spiro atoms. The van der Waals surface area contributed by atoms with Crippen LogP contribution in [0.4, 0.5) is 0 Å². The molecule has 2 aromatic carbocycles. The first-order valence-corrected chi connectivity index (χ1v) is 7.54. The van der Waals surface area contributed by atoms with E-state index in [4.69, 9.17) is 10.5 Å². The summed E-state index contributed by atoms with van der Waals surface area (Å²) in [4.78, 5) is 12.0. The van der Waals surface area contributed by atoms with Crippen molar-refractivity contribution in [3.8, 4) is 5.75 Å². The molecule has 0 unspecified atom stereocenters. The molecular weight excluding hydrogens is 312 g/mol. The van der Waals surface area contributed by atoms with Crippen LogP contribution < -0.4 is 15.8 Å². The van der Waals surface area contributed by atoms with Gasteiger partial charge in [-0.1, -0.05) is 36.4 Å². The van der Waals surface area contributed by atoms with E-state index in [2.05, 4.69) is 5.32 Å². The Morgan fingerprint density at radius 3 is 2.57 bits per heavy atom. The van der Waals surface area contributed by atoms with Crippen molar-refractivity contribution in [2.24, 2.45) is 5.73 Å². The van der Waals surface area contributed by atoms with Crippen molar-refractivity contribution < 1.29 is 9.53 Å². The highest BCUT2D eigenvalue weighted by Gasteiger charge is 2.06. The van der Waals surface area contributed by atoms with E-state index in [0.717, 1.165) is 18.4 Å². The third-order valence-corrected chi connectivity index (χ3v) is 3.26. The Kier molecular flexibility index (Phi) is 8.80. The molecule has 0 aliphatic heterocycles. The van der Waals surface area contributed by atoms with E-state index in [1.54, 1.807) is 12.1 Å². The number of amides is 1. The molecule has 0 fully saturated rings. The summed E-state index contributed by atoms with van der Waals surface area (Å²) in [7, 11) is 0. The number of rotatable bonds is 8. The summed E-state index contributed by atoms with van der Waals surface area (Å²) in [5, 5.41) is 2.88. The van der Waals surface area contributed by atoms with E-state index in [1.165, 1.54) is 0 Å². The number of nitrogens with one attached hydrogen (secondary N) is 1. The van der Waals surface area contributed by atoms with Gasteiger partial charge in [0.25, 0.3) is 5.91 Å². The maximum absolute atomic E-state index is 12.0. The second-order valence-electron chi connectivity index (χ2n) is 5.05. The monoisotopic (exact) mass is 334 g/mol. The minimum atomic E-state index is -0.0813. The average Bonchev–Trinajstić information content (AvgIpc) is 2.58. The van der Waals surface area contributed by atoms with E-state index in [0.29, 0.717) is 31.0 Å². The molecule has 0 aliphatic rings. The van der Waals surface area contributed by atoms with Crippen LogP contribution in [-0.2, 0) is 6.61 Å². The fraction of sp³-hybridized carbons (Fsp3) is 0.278. The molecule has 0 aliphatic carbocycles. The third-order valence-electron chi connectivity index (χ3n) is 3.26. The van der Waals surface area contributed by atoms with E-state index in [1.807, 2.05) is 42.5 Å². The molecule has 0 saturated heterocycles. The molecule has 3 N–H and O–H groups in total. The number of unbranched alkanes of at least 4 members (excludes halogenated alkanes) is 1. The van der Waals surface area contributed by atoms with Gasteiger partial charge in [-0.3, -0.25) is 4.79 Å². The highest BCUT2D eigenvalue weighted by atomic mass is 35.5. The lowest BCUT2D eigenvalue weighted by atomic mass is 10.2. The number of carbonyl (C=O) groups is 1. The number of hydrogen-bond acceptors (Lipinski definition) is 3. The van der Waals surface area contributed by atoms with Crippen LogP contribution in [0.3, 0.4) is 0 Å². The second-order valence-corrected chi connectivity index (χ2v) is 5.05. The van der Waals surface area contributed by atoms with Gasteiger partial charge in [-0.2, -0.15) is 0 Å². The van der Waals surface area contributed by atoms with Crippen LogP contribution in [-0.4, -0.2) is 19.0 Å². The Morgan fingerprint density at radius 1 is 1.04 bits per heavy atom. The molecule has 4 nitrogen and oxygen atoms in total. The molecular formula is C18H23ClN2O2. The average molecular weight is 335 g/mol. The Hall–Kier alpha value is -2.04. The zero-order valence-corrected chi connectivity index (χ0v) is 13.9. The Balaban J connectivity index is 0.00000264. The minimum Gasteiger partial charge on any atom is -0.489 e. The van der Waals surface area contributed by atoms with Gasteiger partial charge in [0.15, 0.2) is 0 Å². The van der Waals surface area contributed by atoms with Crippen molar-refractivity contribution in [1.82, 2.24) is 5.32 Å². The smallest absolute Gasteiger partial charge is 0.251 e. The summed E-state index contributed by atoms with van der Waals surface area (Å²) < 4.78 is 5.73. The molecule has 5 heteroatoms. The van der Waals surface area contributed by atoms with Crippen molar-refractivity contribution in [3.05, 3.63) is 65.7 Å². The maximum Gasteiger partial charge on any atom is 0.251 e. The lowest BCUT2D eigenvalue weighted by molar-refractivity contribution is 0.0952. The van der Waals surface area contributed by atoms with Gasteiger partial charge < -0.3 is 15.8 Å². The number of nitrogens with two attached hydrogens (primary N) is 1. The topological polar surface area (TPSA) is 64.3 Å². The lowest BCUT2D eigenvalue weighted by Crippen LogP contribution is -2.24. The van der Waals surface area contributed by atoms with Crippen LogP contribution in [0.2, 0.25) is 0 Å². The fourth-order valence-corrected chi connectivity index (χ4v) is 2.04. The fourth-order valence-electron chi connectivity index (χ4n) is 2.04. The molecule has 0 bridgehead atoms. The van der Waals surface area contributed by atoms with Crippen LogP contribution in [0.1, 0.15) is 28.8 Å². The highest BCUT2D eigenvalue weighted by molar-refractivity contribution is 5.94. The molecule has 0 atom stereocenters. The predicted octanol–water partition coefficient (Wildman–Crippen LogP) is 3.16. The maximum atomic E-state index is 12.0. The first kappa shape index (κ1) is 19.0. The zero-order valence-electron chi connectivity index (χ0n) is 13.0. The standard InChI is InChI=1S/C18H22N2O2.ClH/c19-11-4-5-12-20-18(21)16-9-6-10-17(13-16)22-14-15-7-2-1-3-8-15;/h1-3,6-10,13H,4-5,11-12,14,19H2,(H,20,21);1H. The molecule has 0 radical (unpaired) electrons. The summed E-state index contributed by atoms with van der Waals surface area (Å²) in [6, 6.07) is 17.2. The van der Waals surface area contributed by atoms with Crippen LogP contribution in [0.5, 0.6) is 5.75 Å². The van der Waals surface area contributed by atoms with Gasteiger partial charge in [0.05, 0.1) is 0 Å². The van der Waals surface area contributed by atoms with Crippen molar-refractivity contribution in [2.75, 3.05) is 13.1 Å². The van der Waals surface area contributed by atoms with Gasteiger partial charge >= 0.3 is 0 Å². The van der Waals surface area contributed by atoms with E-state index in [9.17, 15) is 4.79 Å². The Morgan fingerprint density at radius 2 is 1.83 bits per heavy atom. The lowest BCUT2D eigenvalue weighted by Gasteiger charge is -2.09. The van der Waals surface area contributed by atoms with Gasteiger partial charge in [-0.05, 0) is 43.1 Å². The van der Waals surface area contributed by atoms with Crippen LogP contribution in [0.25, 0.3) is 0 Å². The van der Waals surface area contributed by atoms with Gasteiger partial charge in [0, 0.05) is 12.1 Å². The van der Waals surface area contributed by atoms with Crippen LogP contribution in [0, 0.1) is 0 Å². The highest BCUT2D eigenvalue weighted by Crippen LogP contribution is 2.15. The van der Waals surface area contributed by atoms with Crippen molar-refractivity contribution in [1.29, 1.82) is 0 Å². The Bertz CT molecular complexity index is 591. The summed E-state index contributed by atoms with van der Waals surface area (Å²) in [5.41, 5.74) is 7.13. The van der Waals surface area contributed by atoms with Crippen LogP contribution in [0.15, 0.2) is 54.6 Å². The van der Waals surface area contributed by atoms with Crippen molar-refractivity contribution in [2.45, 2.75) is 19.4 Å². The summed E-state index contributed by atoms with van der Waals surface area (Å²) in [6.07, 6.45) is 1.81. The quantitative estimate of drug-likeness (QED) is 0.729. The summed E-state index contributed by atoms with van der Waals surface area (Å²) in [6.45, 7) is 1.78. The molecule has 0 saturated carbocycles. The van der Waals surface area contributed by atoms with Gasteiger partial charge in [0.2, 0.25) is 0 Å². The van der Waals surface area contributed by atoms with Gasteiger partial charge in [-0.15, -0.1) is 12.4 Å². The Labute approximate surface area is 143 Å². The number of carbonyl (C=O) groups excluding carboxylic acids is 1. The van der Waals surface area contributed by atoms with E-state index >= 15 is 0 Å². The predicted molar refractivity (Wildman–Crippen MR) is 95.1 cm³/mol. The van der Waals surface area contributed by atoms with E-state index in [-0.39, 0.29) is 18.3 Å².